The molecule has 144 valence electrons. The van der Waals surface area contributed by atoms with Gasteiger partial charge >= 0.3 is 6.03 Å². The largest absolute Gasteiger partial charge is 0.491 e. The SMILES string of the molecule is COc1c(F)cc(NC(=O)N2CC=C(c3c[nH]c4ccccc34)CC2)cc1F. The van der Waals surface area contributed by atoms with Gasteiger partial charge in [0, 0.05) is 53.6 Å². The van der Waals surface area contributed by atoms with E-state index in [0.717, 1.165) is 28.6 Å². The lowest BCUT2D eigenvalue weighted by atomic mass is 9.99. The number of fused-ring (bicyclic) bond motifs is 1. The molecule has 4 rings (SSSR count). The number of carbonyl (C=O) groups excluding carboxylic acids is 1. The molecular formula is C21H19F2N3O2. The Morgan fingerprint density at radius 3 is 2.64 bits per heavy atom. The minimum absolute atomic E-state index is 0.0483. The summed E-state index contributed by atoms with van der Waals surface area (Å²) in [5.41, 5.74) is 3.42. The van der Waals surface area contributed by atoms with E-state index < -0.39 is 23.4 Å². The number of halogens is 2. The number of benzene rings is 2. The molecule has 0 saturated heterocycles. The van der Waals surface area contributed by atoms with Crippen molar-refractivity contribution in [2.45, 2.75) is 6.42 Å². The number of amides is 2. The van der Waals surface area contributed by atoms with Crippen LogP contribution >= 0.6 is 0 Å². The van der Waals surface area contributed by atoms with Crippen molar-refractivity contribution in [2.75, 3.05) is 25.5 Å². The first kappa shape index (κ1) is 18.0. The quantitative estimate of drug-likeness (QED) is 0.684. The lowest BCUT2D eigenvalue weighted by Gasteiger charge is -2.26. The number of para-hydroxylation sites is 1. The number of methoxy groups -OCH3 is 1. The number of H-pyrrole nitrogens is 1. The van der Waals surface area contributed by atoms with E-state index in [1.807, 2.05) is 30.5 Å². The van der Waals surface area contributed by atoms with E-state index >= 15 is 0 Å². The Balaban J connectivity index is 1.47. The summed E-state index contributed by atoms with van der Waals surface area (Å²) >= 11 is 0. The van der Waals surface area contributed by atoms with E-state index in [9.17, 15) is 13.6 Å². The zero-order valence-electron chi connectivity index (χ0n) is 15.3. The third-order valence-electron chi connectivity index (χ3n) is 4.89. The number of rotatable bonds is 3. The van der Waals surface area contributed by atoms with E-state index in [1.54, 1.807) is 4.90 Å². The Morgan fingerprint density at radius 1 is 1.21 bits per heavy atom. The number of nitrogens with one attached hydrogen (secondary N) is 2. The number of urea groups is 1. The van der Waals surface area contributed by atoms with Crippen LogP contribution < -0.4 is 10.1 Å². The Morgan fingerprint density at radius 2 is 1.96 bits per heavy atom. The summed E-state index contributed by atoms with van der Waals surface area (Å²) in [4.78, 5) is 17.3. The number of carbonyl (C=O) groups is 1. The van der Waals surface area contributed by atoms with Crippen molar-refractivity contribution in [3.63, 3.8) is 0 Å². The van der Waals surface area contributed by atoms with Gasteiger partial charge in [0.1, 0.15) is 0 Å². The van der Waals surface area contributed by atoms with Crippen molar-refractivity contribution in [1.29, 1.82) is 0 Å². The van der Waals surface area contributed by atoms with Gasteiger partial charge in [-0.1, -0.05) is 24.3 Å². The molecule has 1 aliphatic heterocycles. The molecule has 2 N–H and O–H groups in total. The maximum Gasteiger partial charge on any atom is 0.322 e. The highest BCUT2D eigenvalue weighted by Gasteiger charge is 2.20. The van der Waals surface area contributed by atoms with E-state index in [-0.39, 0.29) is 5.69 Å². The number of hydrogen-bond acceptors (Lipinski definition) is 2. The monoisotopic (exact) mass is 383 g/mol. The summed E-state index contributed by atoms with van der Waals surface area (Å²) in [5, 5.41) is 3.69. The number of hydrogen-bond donors (Lipinski definition) is 2. The predicted octanol–water partition coefficient (Wildman–Crippen LogP) is 4.78. The van der Waals surface area contributed by atoms with Crippen LogP contribution in [0.2, 0.25) is 0 Å². The molecule has 0 spiro atoms. The van der Waals surface area contributed by atoms with Gasteiger partial charge in [0.05, 0.1) is 7.11 Å². The zero-order chi connectivity index (χ0) is 19.7. The third kappa shape index (κ3) is 3.31. The van der Waals surface area contributed by atoms with Gasteiger partial charge in [-0.3, -0.25) is 0 Å². The first-order valence-electron chi connectivity index (χ1n) is 8.91. The van der Waals surface area contributed by atoms with Gasteiger partial charge in [0.2, 0.25) is 0 Å². The number of aromatic amines is 1. The fraction of sp³-hybridized carbons (Fsp3) is 0.190. The van der Waals surface area contributed by atoms with Crippen LogP contribution in [0.25, 0.3) is 16.5 Å². The maximum absolute atomic E-state index is 13.8. The minimum Gasteiger partial charge on any atom is -0.491 e. The number of anilines is 1. The molecule has 28 heavy (non-hydrogen) atoms. The van der Waals surface area contributed by atoms with Gasteiger partial charge in [-0.15, -0.1) is 0 Å². The fourth-order valence-electron chi connectivity index (χ4n) is 3.47. The second kappa shape index (κ2) is 7.34. The predicted molar refractivity (Wildman–Crippen MR) is 104 cm³/mol. The van der Waals surface area contributed by atoms with Gasteiger partial charge in [0.25, 0.3) is 0 Å². The van der Waals surface area contributed by atoms with Crippen molar-refractivity contribution in [3.05, 3.63) is 65.9 Å². The highest BCUT2D eigenvalue weighted by Crippen LogP contribution is 2.30. The molecule has 2 amide bonds. The van der Waals surface area contributed by atoms with Crippen molar-refractivity contribution in [2.24, 2.45) is 0 Å². The summed E-state index contributed by atoms with van der Waals surface area (Å²) in [6, 6.07) is 9.74. The molecule has 0 atom stereocenters. The highest BCUT2D eigenvalue weighted by atomic mass is 19.1. The topological polar surface area (TPSA) is 57.4 Å². The van der Waals surface area contributed by atoms with Crippen LogP contribution in [0.1, 0.15) is 12.0 Å². The van der Waals surface area contributed by atoms with Gasteiger partial charge < -0.3 is 19.9 Å². The average Bonchev–Trinajstić information content (AvgIpc) is 3.12. The van der Waals surface area contributed by atoms with Crippen LogP contribution in [0, 0.1) is 11.6 Å². The molecule has 0 bridgehead atoms. The first-order valence-corrected chi connectivity index (χ1v) is 8.91. The molecule has 2 heterocycles. The standard InChI is InChI=1S/C21H19F2N3O2/c1-28-20-17(22)10-14(11-18(20)23)25-21(27)26-8-6-13(7-9-26)16-12-24-19-5-3-2-4-15(16)19/h2-6,10-12,24H,7-9H2,1H3,(H,25,27). The molecule has 1 aliphatic rings. The van der Waals surface area contributed by atoms with Crippen LogP contribution in [0.15, 0.2) is 48.7 Å². The smallest absolute Gasteiger partial charge is 0.322 e. The fourth-order valence-corrected chi connectivity index (χ4v) is 3.47. The van der Waals surface area contributed by atoms with Crippen molar-refractivity contribution >= 4 is 28.2 Å². The second-order valence-corrected chi connectivity index (χ2v) is 6.58. The molecule has 5 nitrogen and oxygen atoms in total. The van der Waals surface area contributed by atoms with Crippen molar-refractivity contribution in [1.82, 2.24) is 9.88 Å². The van der Waals surface area contributed by atoms with Gasteiger partial charge in [-0.25, -0.2) is 13.6 Å². The highest BCUT2D eigenvalue weighted by molar-refractivity contribution is 5.94. The normalized spacial score (nSPS) is 14.1. The van der Waals surface area contributed by atoms with Crippen molar-refractivity contribution in [3.8, 4) is 5.75 Å². The number of ether oxygens (including phenoxy) is 1. The van der Waals surface area contributed by atoms with Gasteiger partial charge in [-0.2, -0.15) is 0 Å². The molecule has 3 aromatic rings. The molecule has 1 aromatic heterocycles. The van der Waals surface area contributed by atoms with Gasteiger partial charge in [-0.05, 0) is 18.1 Å². The summed E-state index contributed by atoms with van der Waals surface area (Å²) in [7, 11) is 1.19. The lowest BCUT2D eigenvalue weighted by Crippen LogP contribution is -2.37. The molecule has 0 fully saturated rings. The molecule has 0 saturated carbocycles. The number of nitrogens with zero attached hydrogens (tertiary/aromatic N) is 1. The molecule has 0 unspecified atom stereocenters. The molecule has 0 radical (unpaired) electrons. The Labute approximate surface area is 160 Å². The van der Waals surface area contributed by atoms with E-state index in [1.165, 1.54) is 12.7 Å². The van der Waals surface area contributed by atoms with Crippen LogP contribution in [0.5, 0.6) is 5.75 Å². The number of aromatic nitrogens is 1. The van der Waals surface area contributed by atoms with Crippen molar-refractivity contribution < 1.29 is 18.3 Å². The third-order valence-corrected chi connectivity index (χ3v) is 4.89. The maximum atomic E-state index is 13.8. The average molecular weight is 383 g/mol. The first-order chi connectivity index (χ1) is 13.6. The molecule has 0 aliphatic carbocycles. The molecule has 2 aromatic carbocycles. The Kier molecular flexibility index (Phi) is 4.73. The van der Waals surface area contributed by atoms with Crippen LogP contribution in [0.3, 0.4) is 0 Å². The van der Waals surface area contributed by atoms with E-state index in [0.29, 0.717) is 19.5 Å². The Hall–Kier alpha value is -3.35. The summed E-state index contributed by atoms with van der Waals surface area (Å²) in [5.74, 6) is -2.20. The zero-order valence-corrected chi connectivity index (χ0v) is 15.3. The van der Waals surface area contributed by atoms with E-state index in [4.69, 9.17) is 0 Å². The Bertz CT molecular complexity index is 1050. The lowest BCUT2D eigenvalue weighted by molar-refractivity contribution is 0.217. The van der Waals surface area contributed by atoms with Crippen LogP contribution in [0.4, 0.5) is 19.3 Å². The molecule has 7 heteroatoms. The van der Waals surface area contributed by atoms with Crippen LogP contribution in [-0.2, 0) is 0 Å². The summed E-state index contributed by atoms with van der Waals surface area (Å²) in [6.07, 6.45) is 4.68. The minimum atomic E-state index is -0.863. The van der Waals surface area contributed by atoms with Gasteiger partial charge in [0.15, 0.2) is 17.4 Å². The van der Waals surface area contributed by atoms with E-state index in [2.05, 4.69) is 21.1 Å². The second-order valence-electron chi connectivity index (χ2n) is 6.58. The van der Waals surface area contributed by atoms with Crippen LogP contribution in [-0.4, -0.2) is 36.1 Å². The summed E-state index contributed by atoms with van der Waals surface area (Å²) in [6.45, 7) is 0.931. The summed E-state index contributed by atoms with van der Waals surface area (Å²) < 4.78 is 32.2. The molecular weight excluding hydrogens is 364 g/mol.